The molecule has 0 unspecified atom stereocenters. The largest absolute Gasteiger partial charge is 0.493 e. The molecule has 30 heavy (non-hydrogen) atoms. The number of carbonyl (C=O) groups excluding carboxylic acids is 2. The fourth-order valence-electron chi connectivity index (χ4n) is 4.65. The average Bonchev–Trinajstić information content (AvgIpc) is 3.27. The summed E-state index contributed by atoms with van der Waals surface area (Å²) in [4.78, 5) is 28.0. The van der Waals surface area contributed by atoms with Crippen molar-refractivity contribution < 1.29 is 19.1 Å². The van der Waals surface area contributed by atoms with Crippen LogP contribution in [0.4, 0.5) is 0 Å². The van der Waals surface area contributed by atoms with Crippen LogP contribution in [0.3, 0.4) is 0 Å². The highest BCUT2D eigenvalue weighted by molar-refractivity contribution is 6.01. The topological polar surface area (TPSA) is 67.9 Å². The average molecular weight is 408 g/mol. The van der Waals surface area contributed by atoms with Crippen molar-refractivity contribution in [1.82, 2.24) is 10.2 Å². The number of amides is 2. The second-order valence-electron chi connectivity index (χ2n) is 8.28. The van der Waals surface area contributed by atoms with Crippen molar-refractivity contribution in [2.45, 2.75) is 45.3 Å². The summed E-state index contributed by atoms with van der Waals surface area (Å²) in [5, 5.41) is 3.20. The molecule has 2 aromatic carbocycles. The van der Waals surface area contributed by atoms with Gasteiger partial charge in [0.15, 0.2) is 11.5 Å². The van der Waals surface area contributed by atoms with Crippen molar-refractivity contribution in [2.24, 2.45) is 5.92 Å². The number of aryl methyl sites for hydroxylation is 1. The van der Waals surface area contributed by atoms with Gasteiger partial charge in [0.1, 0.15) is 6.04 Å². The Morgan fingerprint density at radius 1 is 1.10 bits per heavy atom. The molecule has 0 saturated heterocycles. The van der Waals surface area contributed by atoms with E-state index in [0.717, 1.165) is 29.5 Å². The van der Waals surface area contributed by atoms with E-state index in [4.69, 9.17) is 9.47 Å². The summed E-state index contributed by atoms with van der Waals surface area (Å²) in [6.45, 7) is 4.44. The quantitative estimate of drug-likeness (QED) is 0.795. The lowest BCUT2D eigenvalue weighted by Gasteiger charge is -2.31. The number of hydrogen-bond donors (Lipinski definition) is 1. The van der Waals surface area contributed by atoms with Gasteiger partial charge in [0.25, 0.3) is 5.91 Å². The van der Waals surface area contributed by atoms with Gasteiger partial charge in [0.05, 0.1) is 20.3 Å². The van der Waals surface area contributed by atoms with E-state index >= 15 is 0 Å². The first-order valence-electron chi connectivity index (χ1n) is 10.4. The third-order valence-electron chi connectivity index (χ3n) is 6.12. The zero-order chi connectivity index (χ0) is 21.4. The van der Waals surface area contributed by atoms with Crippen molar-refractivity contribution in [3.05, 3.63) is 58.7 Å². The van der Waals surface area contributed by atoms with Crippen LogP contribution in [0.2, 0.25) is 0 Å². The van der Waals surface area contributed by atoms with Crippen LogP contribution in [0.15, 0.2) is 36.4 Å². The van der Waals surface area contributed by atoms with Crippen LogP contribution < -0.4 is 14.8 Å². The summed E-state index contributed by atoms with van der Waals surface area (Å²) in [6.07, 6.45) is 1.68. The number of carbonyl (C=O) groups is 2. The molecule has 2 atom stereocenters. The lowest BCUT2D eigenvalue weighted by Crippen LogP contribution is -2.50. The summed E-state index contributed by atoms with van der Waals surface area (Å²) in [7, 11) is 3.23. The van der Waals surface area contributed by atoms with Crippen molar-refractivity contribution in [2.75, 3.05) is 14.2 Å². The van der Waals surface area contributed by atoms with Gasteiger partial charge in [-0.2, -0.15) is 0 Å². The molecule has 1 N–H and O–H groups in total. The van der Waals surface area contributed by atoms with Crippen molar-refractivity contribution in [3.63, 3.8) is 0 Å². The van der Waals surface area contributed by atoms with Crippen LogP contribution >= 0.6 is 0 Å². The van der Waals surface area contributed by atoms with E-state index in [1.165, 1.54) is 0 Å². The van der Waals surface area contributed by atoms with Gasteiger partial charge < -0.3 is 19.7 Å². The Balaban J connectivity index is 1.56. The Labute approximate surface area is 177 Å². The van der Waals surface area contributed by atoms with Crippen molar-refractivity contribution in [1.29, 1.82) is 0 Å². The van der Waals surface area contributed by atoms with E-state index in [1.54, 1.807) is 19.1 Å². The van der Waals surface area contributed by atoms with Crippen LogP contribution in [0.25, 0.3) is 0 Å². The van der Waals surface area contributed by atoms with Crippen LogP contribution in [0.5, 0.6) is 11.5 Å². The normalized spacial score (nSPS) is 18.2. The molecular formula is C24H28N2O4. The molecule has 0 radical (unpaired) electrons. The number of hydrogen-bond acceptors (Lipinski definition) is 4. The second kappa shape index (κ2) is 8.01. The van der Waals surface area contributed by atoms with E-state index < -0.39 is 6.04 Å². The van der Waals surface area contributed by atoms with Gasteiger partial charge in [-0.05, 0) is 53.6 Å². The summed E-state index contributed by atoms with van der Waals surface area (Å²) in [5.74, 6) is 1.16. The predicted molar refractivity (Wildman–Crippen MR) is 114 cm³/mol. The zero-order valence-electron chi connectivity index (χ0n) is 17.9. The number of ether oxygens (including phenoxy) is 2. The van der Waals surface area contributed by atoms with Gasteiger partial charge in [0.2, 0.25) is 5.91 Å². The molecule has 1 heterocycles. The maximum Gasteiger partial charge on any atom is 0.255 e. The molecule has 2 amide bonds. The molecule has 4 rings (SSSR count). The van der Waals surface area contributed by atoms with Gasteiger partial charge in [0, 0.05) is 12.1 Å². The van der Waals surface area contributed by atoms with Gasteiger partial charge in [-0.25, -0.2) is 0 Å². The summed E-state index contributed by atoms with van der Waals surface area (Å²) >= 11 is 0. The van der Waals surface area contributed by atoms with Crippen LogP contribution in [0, 0.1) is 5.92 Å². The van der Waals surface area contributed by atoms with E-state index in [9.17, 15) is 9.59 Å². The molecule has 158 valence electrons. The SMILES string of the molecule is COc1cc2c(cc1OC)[C@@H](NC(=O)[C@H](C(C)C)N1Cc3ccccc3C1=O)CC2. The minimum absolute atomic E-state index is 0.00506. The zero-order valence-corrected chi connectivity index (χ0v) is 17.9. The molecule has 1 aliphatic carbocycles. The number of nitrogens with one attached hydrogen (secondary N) is 1. The lowest BCUT2D eigenvalue weighted by molar-refractivity contribution is -0.128. The van der Waals surface area contributed by atoms with Gasteiger partial charge in [-0.1, -0.05) is 32.0 Å². The smallest absolute Gasteiger partial charge is 0.255 e. The third-order valence-corrected chi connectivity index (χ3v) is 6.12. The Morgan fingerprint density at radius 3 is 2.47 bits per heavy atom. The highest BCUT2D eigenvalue weighted by atomic mass is 16.5. The monoisotopic (exact) mass is 408 g/mol. The minimum atomic E-state index is -0.519. The first-order valence-corrected chi connectivity index (χ1v) is 10.4. The Morgan fingerprint density at radius 2 is 1.80 bits per heavy atom. The number of nitrogens with zero attached hydrogens (tertiary/aromatic N) is 1. The molecule has 0 spiro atoms. The molecule has 6 nitrogen and oxygen atoms in total. The van der Waals surface area contributed by atoms with E-state index in [1.807, 2.05) is 50.2 Å². The van der Waals surface area contributed by atoms with Crippen LogP contribution in [-0.2, 0) is 17.8 Å². The highest BCUT2D eigenvalue weighted by Crippen LogP contribution is 2.39. The molecule has 0 aromatic heterocycles. The molecular weight excluding hydrogens is 380 g/mol. The van der Waals surface area contributed by atoms with Crippen molar-refractivity contribution in [3.8, 4) is 11.5 Å². The second-order valence-corrected chi connectivity index (χ2v) is 8.28. The maximum absolute atomic E-state index is 13.4. The third kappa shape index (κ3) is 3.40. The number of methoxy groups -OCH3 is 2. The minimum Gasteiger partial charge on any atom is -0.493 e. The molecule has 6 heteroatoms. The van der Waals surface area contributed by atoms with Gasteiger partial charge >= 0.3 is 0 Å². The molecule has 0 bridgehead atoms. The van der Waals surface area contributed by atoms with Crippen molar-refractivity contribution >= 4 is 11.8 Å². The van der Waals surface area contributed by atoms with E-state index in [2.05, 4.69) is 5.32 Å². The Bertz CT molecular complexity index is 985. The molecule has 2 aliphatic rings. The molecule has 0 fully saturated rings. The summed E-state index contributed by atoms with van der Waals surface area (Å²) in [5.41, 5.74) is 3.88. The molecule has 0 saturated carbocycles. The summed E-state index contributed by atoms with van der Waals surface area (Å²) < 4.78 is 10.8. The number of benzene rings is 2. The fraction of sp³-hybridized carbons (Fsp3) is 0.417. The maximum atomic E-state index is 13.4. The first-order chi connectivity index (χ1) is 14.4. The first kappa shape index (κ1) is 20.3. The van der Waals surface area contributed by atoms with E-state index in [-0.39, 0.29) is 23.8 Å². The van der Waals surface area contributed by atoms with Gasteiger partial charge in [-0.15, -0.1) is 0 Å². The fourth-order valence-corrected chi connectivity index (χ4v) is 4.65. The number of fused-ring (bicyclic) bond motifs is 2. The van der Waals surface area contributed by atoms with Gasteiger partial charge in [-0.3, -0.25) is 9.59 Å². The molecule has 1 aliphatic heterocycles. The predicted octanol–water partition coefficient (Wildman–Crippen LogP) is 3.49. The number of rotatable bonds is 6. The Hall–Kier alpha value is -3.02. The standard InChI is InChI=1S/C24H28N2O4/c1-14(2)22(26-13-16-7-5-6-8-17(16)24(26)28)23(27)25-19-10-9-15-11-20(29-3)21(30-4)12-18(15)19/h5-8,11-12,14,19,22H,9-10,13H2,1-4H3,(H,25,27)/t19-,22-/m0/s1. The summed E-state index contributed by atoms with van der Waals surface area (Å²) in [6, 6.07) is 10.9. The lowest BCUT2D eigenvalue weighted by atomic mass is 10.00. The van der Waals surface area contributed by atoms with Crippen LogP contribution in [-0.4, -0.2) is 37.0 Å². The highest BCUT2D eigenvalue weighted by Gasteiger charge is 2.39. The Kier molecular flexibility index (Phi) is 5.41. The van der Waals surface area contributed by atoms with Crippen LogP contribution in [0.1, 0.15) is 53.4 Å². The van der Waals surface area contributed by atoms with E-state index in [0.29, 0.717) is 23.6 Å². The molecule has 2 aromatic rings.